The average Bonchev–Trinajstić information content (AvgIpc) is 2.91. The number of carbonyl (C=O) groups excluding carboxylic acids is 2. The second kappa shape index (κ2) is 6.70. The van der Waals surface area contributed by atoms with Gasteiger partial charge in [0.1, 0.15) is 5.82 Å². The molecule has 6 nitrogen and oxygen atoms in total. The molecule has 8 heteroatoms. The van der Waals surface area contributed by atoms with Crippen LogP contribution in [0.3, 0.4) is 0 Å². The molecule has 2 aromatic carbocycles. The van der Waals surface area contributed by atoms with Crippen molar-refractivity contribution in [1.29, 1.82) is 0 Å². The van der Waals surface area contributed by atoms with Gasteiger partial charge in [0.05, 0.1) is 22.6 Å². The fourth-order valence-electron chi connectivity index (χ4n) is 3.86. The van der Waals surface area contributed by atoms with Crippen molar-refractivity contribution in [2.75, 3.05) is 16.6 Å². The van der Waals surface area contributed by atoms with Crippen LogP contribution in [0.4, 0.5) is 10.1 Å². The van der Waals surface area contributed by atoms with Gasteiger partial charge in [0, 0.05) is 12.6 Å². The number of nitrogens with zero attached hydrogens (tertiary/aromatic N) is 2. The van der Waals surface area contributed by atoms with Crippen LogP contribution in [0.5, 0.6) is 0 Å². The average molecular weight is 402 g/mol. The number of anilines is 1. The maximum absolute atomic E-state index is 13.5. The molecule has 2 aromatic rings. The highest BCUT2D eigenvalue weighted by molar-refractivity contribution is 7.92. The largest absolute Gasteiger partial charge is 0.273 e. The van der Waals surface area contributed by atoms with Gasteiger partial charge in [-0.3, -0.25) is 18.8 Å². The van der Waals surface area contributed by atoms with Gasteiger partial charge in [-0.05, 0) is 55.7 Å². The summed E-state index contributed by atoms with van der Waals surface area (Å²) < 4.78 is 41.0. The Morgan fingerprint density at radius 1 is 1.07 bits per heavy atom. The zero-order valence-electron chi connectivity index (χ0n) is 15.3. The van der Waals surface area contributed by atoms with E-state index in [2.05, 4.69) is 0 Å². The van der Waals surface area contributed by atoms with Gasteiger partial charge in [-0.15, -0.1) is 0 Å². The second-order valence-electron chi connectivity index (χ2n) is 7.08. The van der Waals surface area contributed by atoms with Crippen LogP contribution in [-0.4, -0.2) is 43.5 Å². The molecule has 0 fully saturated rings. The fourth-order valence-corrected chi connectivity index (χ4v) is 5.60. The molecule has 1 unspecified atom stereocenters. The molecule has 2 heterocycles. The molecule has 1 atom stereocenters. The molecule has 0 aromatic heterocycles. The van der Waals surface area contributed by atoms with Gasteiger partial charge in [0.25, 0.3) is 11.8 Å². The van der Waals surface area contributed by atoms with Crippen molar-refractivity contribution >= 4 is 27.5 Å². The molecule has 0 aliphatic carbocycles. The Labute approximate surface area is 162 Å². The number of benzene rings is 2. The lowest BCUT2D eigenvalue weighted by atomic mass is 9.99. The first-order valence-electron chi connectivity index (χ1n) is 9.05. The quantitative estimate of drug-likeness (QED) is 0.737. The van der Waals surface area contributed by atoms with Crippen LogP contribution in [-0.2, 0) is 16.4 Å². The molecule has 2 amide bonds. The van der Waals surface area contributed by atoms with Crippen LogP contribution < -0.4 is 4.31 Å². The molecule has 2 aliphatic heterocycles. The number of imide groups is 1. The first-order chi connectivity index (χ1) is 13.3. The lowest BCUT2D eigenvalue weighted by Crippen LogP contribution is -2.45. The van der Waals surface area contributed by atoms with Gasteiger partial charge in [-0.25, -0.2) is 12.8 Å². The molecular formula is C20H19FN2O4S. The minimum Gasteiger partial charge on any atom is -0.273 e. The number of halogens is 1. The Kier molecular flexibility index (Phi) is 4.45. The zero-order chi connectivity index (χ0) is 20.1. The van der Waals surface area contributed by atoms with Gasteiger partial charge in [-0.1, -0.05) is 12.1 Å². The standard InChI is InChI=1S/C20H19FN2O4S/c1-13-6-7-14-12-15(21)8-9-18(14)23(13)28(26,27)11-10-22-19(24)16-4-2-3-5-17(16)20(22)25/h2-5,8-9,12-13H,6-7,10-11H2,1H3. The van der Waals surface area contributed by atoms with Crippen molar-refractivity contribution in [3.05, 3.63) is 65.0 Å². The maximum Gasteiger partial charge on any atom is 0.261 e. The summed E-state index contributed by atoms with van der Waals surface area (Å²) in [4.78, 5) is 25.9. The summed E-state index contributed by atoms with van der Waals surface area (Å²) in [5.74, 6) is -1.76. The Morgan fingerprint density at radius 2 is 1.71 bits per heavy atom. The molecular weight excluding hydrogens is 383 g/mol. The zero-order valence-corrected chi connectivity index (χ0v) is 16.1. The summed E-state index contributed by atoms with van der Waals surface area (Å²) in [5, 5.41) is 0. The molecule has 28 heavy (non-hydrogen) atoms. The Balaban J connectivity index is 1.58. The minimum atomic E-state index is -3.82. The van der Waals surface area contributed by atoms with Gasteiger partial charge in [0.15, 0.2) is 0 Å². The third-order valence-electron chi connectivity index (χ3n) is 5.26. The SMILES string of the molecule is CC1CCc2cc(F)ccc2N1S(=O)(=O)CCN1C(=O)c2ccccc2C1=O. The summed E-state index contributed by atoms with van der Waals surface area (Å²) in [6.07, 6.45) is 1.17. The van der Waals surface area contributed by atoms with Gasteiger partial charge >= 0.3 is 0 Å². The summed E-state index contributed by atoms with van der Waals surface area (Å²) in [7, 11) is -3.82. The van der Waals surface area contributed by atoms with Crippen LogP contribution >= 0.6 is 0 Å². The van der Waals surface area contributed by atoms with E-state index in [1.165, 1.54) is 22.5 Å². The topological polar surface area (TPSA) is 74.8 Å². The molecule has 0 radical (unpaired) electrons. The van der Waals surface area contributed by atoms with Gasteiger partial charge in [-0.2, -0.15) is 0 Å². The molecule has 0 saturated carbocycles. The molecule has 146 valence electrons. The monoisotopic (exact) mass is 402 g/mol. The van der Waals surface area contributed by atoms with Crippen LogP contribution in [0.25, 0.3) is 0 Å². The van der Waals surface area contributed by atoms with E-state index in [0.717, 1.165) is 4.90 Å². The number of carbonyl (C=O) groups is 2. The van der Waals surface area contributed by atoms with Crippen LogP contribution in [0, 0.1) is 5.82 Å². The maximum atomic E-state index is 13.5. The number of hydrogen-bond donors (Lipinski definition) is 0. The highest BCUT2D eigenvalue weighted by Crippen LogP contribution is 2.34. The van der Waals surface area contributed by atoms with Crippen molar-refractivity contribution in [1.82, 2.24) is 4.90 Å². The van der Waals surface area contributed by atoms with E-state index in [9.17, 15) is 22.4 Å². The lowest BCUT2D eigenvalue weighted by Gasteiger charge is -2.36. The van der Waals surface area contributed by atoms with E-state index < -0.39 is 27.7 Å². The highest BCUT2D eigenvalue weighted by Gasteiger charge is 2.38. The van der Waals surface area contributed by atoms with E-state index in [4.69, 9.17) is 0 Å². The van der Waals surface area contributed by atoms with E-state index >= 15 is 0 Å². The molecule has 0 saturated heterocycles. The van der Waals surface area contributed by atoms with E-state index in [0.29, 0.717) is 24.1 Å². The summed E-state index contributed by atoms with van der Waals surface area (Å²) >= 11 is 0. The fraction of sp³-hybridized carbons (Fsp3) is 0.300. The van der Waals surface area contributed by atoms with Gasteiger partial charge < -0.3 is 0 Å². The number of aryl methyl sites for hydroxylation is 1. The summed E-state index contributed by atoms with van der Waals surface area (Å²) in [5.41, 5.74) is 1.68. The van der Waals surface area contributed by atoms with Crippen molar-refractivity contribution < 1.29 is 22.4 Å². The molecule has 0 N–H and O–H groups in total. The highest BCUT2D eigenvalue weighted by atomic mass is 32.2. The first kappa shape index (κ1) is 18.6. The number of rotatable bonds is 4. The van der Waals surface area contributed by atoms with E-state index in [1.54, 1.807) is 31.2 Å². The predicted molar refractivity (Wildman–Crippen MR) is 102 cm³/mol. The Bertz CT molecular complexity index is 1050. The van der Waals surface area contributed by atoms with Crippen molar-refractivity contribution in [3.63, 3.8) is 0 Å². The molecule has 2 aliphatic rings. The summed E-state index contributed by atoms with van der Waals surface area (Å²) in [6, 6.07) is 10.2. The normalized spacial score (nSPS) is 19.0. The Hall–Kier alpha value is -2.74. The molecule has 0 bridgehead atoms. The van der Waals surface area contributed by atoms with Crippen molar-refractivity contribution in [2.24, 2.45) is 0 Å². The number of fused-ring (bicyclic) bond motifs is 2. The van der Waals surface area contributed by atoms with Crippen molar-refractivity contribution in [3.8, 4) is 0 Å². The van der Waals surface area contributed by atoms with Gasteiger partial charge in [0.2, 0.25) is 10.0 Å². The Morgan fingerprint density at radius 3 is 2.36 bits per heavy atom. The van der Waals surface area contributed by atoms with Crippen LogP contribution in [0.2, 0.25) is 0 Å². The molecule has 4 rings (SSSR count). The smallest absolute Gasteiger partial charge is 0.261 e. The second-order valence-corrected chi connectivity index (χ2v) is 9.05. The van der Waals surface area contributed by atoms with Crippen LogP contribution in [0.15, 0.2) is 42.5 Å². The third-order valence-corrected chi connectivity index (χ3v) is 7.12. The number of sulfonamides is 1. The number of amides is 2. The third kappa shape index (κ3) is 2.97. The number of hydrogen-bond acceptors (Lipinski definition) is 4. The predicted octanol–water partition coefficient (Wildman–Crippen LogP) is 2.59. The first-order valence-corrected chi connectivity index (χ1v) is 10.7. The summed E-state index contributed by atoms with van der Waals surface area (Å²) in [6.45, 7) is 1.57. The van der Waals surface area contributed by atoms with Crippen LogP contribution in [0.1, 0.15) is 39.6 Å². The molecule has 0 spiro atoms. The minimum absolute atomic E-state index is 0.228. The van der Waals surface area contributed by atoms with E-state index in [1.807, 2.05) is 0 Å². The van der Waals surface area contributed by atoms with E-state index in [-0.39, 0.29) is 29.5 Å². The lowest BCUT2D eigenvalue weighted by molar-refractivity contribution is 0.0664. The van der Waals surface area contributed by atoms with Crippen molar-refractivity contribution in [2.45, 2.75) is 25.8 Å².